The molecule has 9 heteroatoms. The number of piperidine rings is 1. The van der Waals surface area contributed by atoms with E-state index in [1.165, 1.54) is 17.4 Å². The maximum atomic E-state index is 12.7. The molecule has 0 saturated carbocycles. The van der Waals surface area contributed by atoms with E-state index >= 15 is 0 Å². The fourth-order valence-corrected chi connectivity index (χ4v) is 3.85. The van der Waals surface area contributed by atoms with Crippen LogP contribution in [0.4, 0.5) is 13.2 Å². The Kier molecular flexibility index (Phi) is 4.92. The van der Waals surface area contributed by atoms with Gasteiger partial charge >= 0.3 is 6.18 Å². The molecule has 3 aromatic rings. The third-order valence-corrected chi connectivity index (χ3v) is 5.45. The number of benzene rings is 1. The van der Waals surface area contributed by atoms with Crippen LogP contribution in [0.2, 0.25) is 0 Å². The molecule has 0 atom stereocenters. The first-order chi connectivity index (χ1) is 13.4. The number of halogens is 3. The van der Waals surface area contributed by atoms with Crippen LogP contribution >= 0.6 is 11.3 Å². The summed E-state index contributed by atoms with van der Waals surface area (Å²) in [5.41, 5.74) is 2.44. The van der Waals surface area contributed by atoms with Gasteiger partial charge in [-0.15, -0.1) is 11.3 Å². The summed E-state index contributed by atoms with van der Waals surface area (Å²) in [6.45, 7) is 1.04. The number of nitrogens with zero attached hydrogens (tertiary/aromatic N) is 3. The van der Waals surface area contributed by atoms with E-state index in [2.05, 4.69) is 9.97 Å². The molecular weight excluding hydrogens is 391 g/mol. The minimum absolute atomic E-state index is 0.0404. The first-order valence-electron chi connectivity index (χ1n) is 8.72. The number of likely N-dealkylation sites (tertiary alicyclic amines) is 1. The summed E-state index contributed by atoms with van der Waals surface area (Å²) in [7, 11) is 0. The third-order valence-electron chi connectivity index (χ3n) is 4.66. The normalized spacial score (nSPS) is 15.8. The van der Waals surface area contributed by atoms with Crippen molar-refractivity contribution in [3.05, 3.63) is 53.2 Å². The van der Waals surface area contributed by atoms with Crippen molar-refractivity contribution in [3.63, 3.8) is 0 Å². The van der Waals surface area contributed by atoms with Crippen LogP contribution in [0.25, 0.3) is 10.2 Å². The molecule has 146 valence electrons. The highest BCUT2D eigenvalue weighted by atomic mass is 32.1. The van der Waals surface area contributed by atoms with Gasteiger partial charge in [0.1, 0.15) is 6.10 Å². The lowest BCUT2D eigenvalue weighted by Gasteiger charge is -2.32. The number of thiazole rings is 1. The van der Waals surface area contributed by atoms with Crippen molar-refractivity contribution in [2.45, 2.75) is 25.1 Å². The van der Waals surface area contributed by atoms with E-state index in [0.29, 0.717) is 31.5 Å². The second-order valence-corrected chi connectivity index (χ2v) is 7.41. The molecule has 0 radical (unpaired) electrons. The molecule has 1 amide bonds. The number of ether oxygens (including phenoxy) is 1. The molecule has 1 saturated heterocycles. The van der Waals surface area contributed by atoms with E-state index in [1.807, 2.05) is 12.1 Å². The van der Waals surface area contributed by atoms with Crippen LogP contribution in [0, 0.1) is 0 Å². The van der Waals surface area contributed by atoms with Gasteiger partial charge in [0.25, 0.3) is 5.91 Å². The molecule has 0 bridgehead atoms. The highest BCUT2D eigenvalue weighted by molar-refractivity contribution is 7.16. The minimum atomic E-state index is -4.42. The van der Waals surface area contributed by atoms with Gasteiger partial charge in [0, 0.05) is 43.8 Å². The predicted molar refractivity (Wildman–Crippen MR) is 98.4 cm³/mol. The molecule has 1 aliphatic heterocycles. The van der Waals surface area contributed by atoms with Crippen molar-refractivity contribution < 1.29 is 22.7 Å². The predicted octanol–water partition coefficient (Wildman–Crippen LogP) is 4.39. The molecule has 2 aromatic heterocycles. The first-order valence-corrected chi connectivity index (χ1v) is 9.60. The van der Waals surface area contributed by atoms with Gasteiger partial charge in [-0.2, -0.15) is 13.2 Å². The van der Waals surface area contributed by atoms with E-state index < -0.39 is 11.7 Å². The number of aromatic nitrogens is 2. The van der Waals surface area contributed by atoms with E-state index in [9.17, 15) is 18.0 Å². The lowest BCUT2D eigenvalue weighted by molar-refractivity contribution is -0.137. The Balaban J connectivity index is 1.34. The Morgan fingerprint density at radius 3 is 2.61 bits per heavy atom. The van der Waals surface area contributed by atoms with Crippen LogP contribution in [0.5, 0.6) is 5.88 Å². The fourth-order valence-electron chi connectivity index (χ4n) is 3.14. The summed E-state index contributed by atoms with van der Waals surface area (Å²) in [5.74, 6) is 0.120. The first kappa shape index (κ1) is 18.7. The minimum Gasteiger partial charge on any atom is -0.474 e. The zero-order valence-corrected chi connectivity index (χ0v) is 15.5. The summed E-state index contributed by atoms with van der Waals surface area (Å²) in [4.78, 5) is 22.4. The van der Waals surface area contributed by atoms with Crippen molar-refractivity contribution in [2.24, 2.45) is 0 Å². The average Bonchev–Trinajstić information content (AvgIpc) is 3.15. The summed E-state index contributed by atoms with van der Waals surface area (Å²) in [5, 5.41) is 0. The number of pyridine rings is 1. The van der Waals surface area contributed by atoms with Crippen molar-refractivity contribution >= 4 is 27.5 Å². The fraction of sp³-hybridized carbons (Fsp3) is 0.316. The molecule has 0 spiro atoms. The molecular formula is C19H16F3N3O2S. The quantitative estimate of drug-likeness (QED) is 0.646. The van der Waals surface area contributed by atoms with Crippen LogP contribution in [-0.4, -0.2) is 40.0 Å². The third kappa shape index (κ3) is 3.94. The highest BCUT2D eigenvalue weighted by Gasteiger charge is 2.31. The molecule has 4 rings (SSSR count). The molecule has 3 heterocycles. The van der Waals surface area contributed by atoms with Gasteiger partial charge in [-0.3, -0.25) is 4.79 Å². The summed E-state index contributed by atoms with van der Waals surface area (Å²) in [6, 6.07) is 7.65. The van der Waals surface area contributed by atoms with Crippen molar-refractivity contribution in [1.82, 2.24) is 14.9 Å². The number of carbonyl (C=O) groups is 1. The van der Waals surface area contributed by atoms with Gasteiger partial charge in [0.15, 0.2) is 0 Å². The van der Waals surface area contributed by atoms with Crippen LogP contribution in [-0.2, 0) is 6.18 Å². The van der Waals surface area contributed by atoms with Crippen LogP contribution in [0.3, 0.4) is 0 Å². The van der Waals surface area contributed by atoms with Crippen molar-refractivity contribution in [1.29, 1.82) is 0 Å². The van der Waals surface area contributed by atoms with Gasteiger partial charge in [0.05, 0.1) is 21.3 Å². The zero-order chi connectivity index (χ0) is 19.7. The van der Waals surface area contributed by atoms with E-state index in [4.69, 9.17) is 4.74 Å². The van der Waals surface area contributed by atoms with E-state index in [-0.39, 0.29) is 17.9 Å². The average molecular weight is 407 g/mol. The second kappa shape index (κ2) is 7.38. The number of hydrogen-bond donors (Lipinski definition) is 0. The van der Waals surface area contributed by atoms with Gasteiger partial charge in [-0.25, -0.2) is 9.97 Å². The summed E-state index contributed by atoms with van der Waals surface area (Å²) in [6.07, 6.45) is -2.64. The van der Waals surface area contributed by atoms with Crippen molar-refractivity contribution in [3.8, 4) is 5.88 Å². The molecule has 0 unspecified atom stereocenters. The maximum absolute atomic E-state index is 12.7. The number of carbonyl (C=O) groups excluding carboxylic acids is 1. The van der Waals surface area contributed by atoms with Crippen LogP contribution < -0.4 is 4.74 Å². The highest BCUT2D eigenvalue weighted by Crippen LogP contribution is 2.29. The maximum Gasteiger partial charge on any atom is 0.417 e. The molecule has 5 nitrogen and oxygen atoms in total. The Hall–Kier alpha value is -2.68. The second-order valence-electron chi connectivity index (χ2n) is 6.53. The largest absolute Gasteiger partial charge is 0.474 e. The topological polar surface area (TPSA) is 55.3 Å². The van der Waals surface area contributed by atoms with E-state index in [0.717, 1.165) is 22.5 Å². The number of fused-ring (bicyclic) bond motifs is 1. The Morgan fingerprint density at radius 1 is 1.14 bits per heavy atom. The molecule has 0 N–H and O–H groups in total. The molecule has 0 aliphatic carbocycles. The van der Waals surface area contributed by atoms with Gasteiger partial charge in [0.2, 0.25) is 5.88 Å². The number of rotatable bonds is 3. The lowest BCUT2D eigenvalue weighted by atomic mass is 10.1. The Labute approximate surface area is 162 Å². The van der Waals surface area contributed by atoms with Crippen LogP contribution in [0.15, 0.2) is 42.0 Å². The van der Waals surface area contributed by atoms with Gasteiger partial charge < -0.3 is 9.64 Å². The van der Waals surface area contributed by atoms with Gasteiger partial charge in [-0.1, -0.05) is 0 Å². The van der Waals surface area contributed by atoms with Crippen LogP contribution in [0.1, 0.15) is 28.8 Å². The van der Waals surface area contributed by atoms with Gasteiger partial charge in [-0.05, 0) is 24.3 Å². The summed E-state index contributed by atoms with van der Waals surface area (Å²) >= 11 is 1.49. The van der Waals surface area contributed by atoms with Crippen molar-refractivity contribution in [2.75, 3.05) is 13.1 Å². The zero-order valence-electron chi connectivity index (χ0n) is 14.6. The lowest BCUT2D eigenvalue weighted by Crippen LogP contribution is -2.41. The smallest absolute Gasteiger partial charge is 0.417 e. The standard InChI is InChI=1S/C19H16F3N3O2S/c20-19(21,22)13-2-4-17(23-10-13)27-14-5-7-25(8-6-14)18(26)12-1-3-15-16(9-12)28-11-24-15/h1-4,9-11,14H,5-8H2. The molecule has 1 aromatic carbocycles. The molecule has 28 heavy (non-hydrogen) atoms. The number of amides is 1. The number of alkyl halides is 3. The Bertz CT molecular complexity index is 980. The molecule has 1 aliphatic rings. The summed E-state index contributed by atoms with van der Waals surface area (Å²) < 4.78 is 44.4. The SMILES string of the molecule is O=C(c1ccc2ncsc2c1)N1CCC(Oc2ccc(C(F)(F)F)cn2)CC1. The Morgan fingerprint density at radius 2 is 1.93 bits per heavy atom. The molecule has 1 fully saturated rings. The number of hydrogen-bond acceptors (Lipinski definition) is 5. The van der Waals surface area contributed by atoms with E-state index in [1.54, 1.807) is 16.5 Å². The monoisotopic (exact) mass is 407 g/mol.